The Morgan fingerprint density at radius 2 is 1.44 bits per heavy atom. The topological polar surface area (TPSA) is 101 Å². The highest BCUT2D eigenvalue weighted by atomic mass is 16.5. The van der Waals surface area contributed by atoms with Crippen LogP contribution in [-0.4, -0.2) is 28.1 Å². The highest BCUT2D eigenvalue weighted by Gasteiger charge is 2.18. The molecule has 6 heteroatoms. The van der Waals surface area contributed by atoms with E-state index in [0.29, 0.717) is 0 Å². The molecule has 0 aliphatic heterocycles. The summed E-state index contributed by atoms with van der Waals surface area (Å²) >= 11 is 0. The number of ether oxygens (including phenoxy) is 1. The number of rotatable bonds is 6. The zero-order chi connectivity index (χ0) is 14.3. The number of esters is 1. The van der Waals surface area contributed by atoms with Crippen molar-refractivity contribution < 1.29 is 29.3 Å². The molecule has 0 fully saturated rings. The molecule has 0 atom stereocenters. The van der Waals surface area contributed by atoms with E-state index in [-0.39, 0.29) is 11.1 Å². The molecule has 0 heterocycles. The van der Waals surface area contributed by atoms with Crippen molar-refractivity contribution in [1.82, 2.24) is 0 Å². The maximum Gasteiger partial charge on any atom is 0.330 e. The van der Waals surface area contributed by atoms with Crippen LogP contribution in [0.4, 0.5) is 0 Å². The Bertz CT molecular complexity index is 400. The zero-order valence-corrected chi connectivity index (χ0v) is 10.0. The van der Waals surface area contributed by atoms with Gasteiger partial charge in [-0.1, -0.05) is 18.7 Å². The van der Waals surface area contributed by atoms with Crippen LogP contribution in [0.1, 0.15) is 13.8 Å². The zero-order valence-electron chi connectivity index (χ0n) is 10.0. The maximum absolute atomic E-state index is 11.5. The molecular weight excluding hydrogens is 240 g/mol. The molecule has 0 radical (unpaired) electrons. The predicted molar refractivity (Wildman–Crippen MR) is 62.6 cm³/mol. The van der Waals surface area contributed by atoms with Crippen LogP contribution in [0.25, 0.3) is 0 Å². The third-order valence-corrected chi connectivity index (χ3v) is 2.01. The Labute approximate surface area is 104 Å². The first kappa shape index (κ1) is 15.6. The molecule has 0 rings (SSSR count). The summed E-state index contributed by atoms with van der Waals surface area (Å²) in [6.45, 7) is 5.78. The summed E-state index contributed by atoms with van der Waals surface area (Å²) in [6.07, 6.45) is 3.12. The summed E-state index contributed by atoms with van der Waals surface area (Å²) in [5, 5.41) is 17.4. The molecular formula is C12H14O6. The lowest BCUT2D eigenvalue weighted by molar-refractivity contribution is -0.139. The number of aliphatic carboxylic acids is 2. The standard InChI is InChI=1S/C12H14O6/c1-4-18-12(17)9(5-7(2)10(13)14)6-8(3)11(15)16/h4-6,9H,1H2,2-3H3,(H,13,14)(H,15,16). The molecule has 0 bridgehead atoms. The van der Waals surface area contributed by atoms with Gasteiger partial charge in [0.2, 0.25) is 0 Å². The maximum atomic E-state index is 11.5. The van der Waals surface area contributed by atoms with Crippen LogP contribution in [-0.2, 0) is 19.1 Å². The van der Waals surface area contributed by atoms with E-state index >= 15 is 0 Å². The van der Waals surface area contributed by atoms with E-state index in [1.54, 1.807) is 0 Å². The molecule has 2 N–H and O–H groups in total. The van der Waals surface area contributed by atoms with Crippen molar-refractivity contribution in [3.05, 3.63) is 36.1 Å². The second kappa shape index (κ2) is 7.05. The molecule has 98 valence electrons. The van der Waals surface area contributed by atoms with Crippen LogP contribution in [0, 0.1) is 5.92 Å². The number of carboxylic acid groups (broad SMARTS) is 2. The first-order valence-electron chi connectivity index (χ1n) is 4.94. The normalized spacial score (nSPS) is 13.7. The minimum absolute atomic E-state index is 0.0875. The van der Waals surface area contributed by atoms with Crippen LogP contribution in [0.5, 0.6) is 0 Å². The predicted octanol–water partition coefficient (Wildman–Crippen LogP) is 1.35. The Morgan fingerprint density at radius 1 is 1.06 bits per heavy atom. The first-order valence-corrected chi connectivity index (χ1v) is 4.94. The third kappa shape index (κ3) is 5.11. The van der Waals surface area contributed by atoms with Gasteiger partial charge in [-0.05, 0) is 13.8 Å². The summed E-state index contributed by atoms with van der Waals surface area (Å²) in [5.74, 6) is -4.29. The quantitative estimate of drug-likeness (QED) is 0.421. The van der Waals surface area contributed by atoms with E-state index < -0.39 is 23.8 Å². The molecule has 6 nitrogen and oxygen atoms in total. The van der Waals surface area contributed by atoms with Crippen LogP contribution in [0.2, 0.25) is 0 Å². The van der Waals surface area contributed by atoms with E-state index in [1.807, 2.05) is 0 Å². The van der Waals surface area contributed by atoms with Crippen molar-refractivity contribution in [2.75, 3.05) is 0 Å². The first-order chi connectivity index (χ1) is 8.29. The van der Waals surface area contributed by atoms with Gasteiger partial charge in [0.1, 0.15) is 0 Å². The summed E-state index contributed by atoms with van der Waals surface area (Å²) in [5.41, 5.74) is -0.175. The molecule has 0 aromatic rings. The molecule has 0 saturated heterocycles. The lowest BCUT2D eigenvalue weighted by atomic mass is 10.0. The fraction of sp³-hybridized carbons (Fsp3) is 0.250. The van der Waals surface area contributed by atoms with Gasteiger partial charge in [-0.15, -0.1) is 0 Å². The van der Waals surface area contributed by atoms with E-state index in [1.165, 1.54) is 13.8 Å². The smallest absolute Gasteiger partial charge is 0.330 e. The Kier molecular flexibility index (Phi) is 6.12. The second-order valence-corrected chi connectivity index (χ2v) is 3.44. The SMILES string of the molecule is C=COC(=O)C(C=C(C)C(=O)O)C=C(C)C(=O)O. The minimum atomic E-state index is -1.20. The van der Waals surface area contributed by atoms with Crippen LogP contribution < -0.4 is 0 Å². The average molecular weight is 254 g/mol. The van der Waals surface area contributed by atoms with Crippen molar-refractivity contribution in [1.29, 1.82) is 0 Å². The van der Waals surface area contributed by atoms with Crippen molar-refractivity contribution >= 4 is 17.9 Å². The lowest BCUT2D eigenvalue weighted by Gasteiger charge is -2.07. The van der Waals surface area contributed by atoms with Gasteiger partial charge in [-0.3, -0.25) is 4.79 Å². The van der Waals surface area contributed by atoms with E-state index in [4.69, 9.17) is 10.2 Å². The fourth-order valence-electron chi connectivity index (χ4n) is 1.03. The molecule has 0 aliphatic carbocycles. The summed E-state index contributed by atoms with van der Waals surface area (Å²) in [7, 11) is 0. The number of carbonyl (C=O) groups excluding carboxylic acids is 1. The third-order valence-electron chi connectivity index (χ3n) is 2.01. The molecule has 0 saturated carbocycles. The summed E-state index contributed by atoms with van der Waals surface area (Å²) in [4.78, 5) is 32.8. The van der Waals surface area contributed by atoms with Gasteiger partial charge in [-0.2, -0.15) is 0 Å². The highest BCUT2D eigenvalue weighted by molar-refractivity contribution is 5.90. The fourth-order valence-corrected chi connectivity index (χ4v) is 1.03. The van der Waals surface area contributed by atoms with Crippen LogP contribution >= 0.6 is 0 Å². The molecule has 0 aromatic carbocycles. The van der Waals surface area contributed by atoms with Crippen LogP contribution in [0.15, 0.2) is 36.1 Å². The highest BCUT2D eigenvalue weighted by Crippen LogP contribution is 2.12. The molecule has 0 unspecified atom stereocenters. The van der Waals surface area contributed by atoms with Gasteiger partial charge in [0, 0.05) is 11.1 Å². The van der Waals surface area contributed by atoms with Crippen LogP contribution in [0.3, 0.4) is 0 Å². The number of hydrogen-bond acceptors (Lipinski definition) is 4. The minimum Gasteiger partial charge on any atom is -0.478 e. The van der Waals surface area contributed by atoms with Gasteiger partial charge < -0.3 is 14.9 Å². The largest absolute Gasteiger partial charge is 0.478 e. The van der Waals surface area contributed by atoms with Crippen molar-refractivity contribution in [3.8, 4) is 0 Å². The monoisotopic (exact) mass is 254 g/mol. The van der Waals surface area contributed by atoms with Gasteiger partial charge in [0.05, 0.1) is 12.2 Å². The van der Waals surface area contributed by atoms with Crippen molar-refractivity contribution in [2.24, 2.45) is 5.92 Å². The van der Waals surface area contributed by atoms with E-state index in [9.17, 15) is 14.4 Å². The van der Waals surface area contributed by atoms with Crippen molar-refractivity contribution in [2.45, 2.75) is 13.8 Å². The van der Waals surface area contributed by atoms with Crippen molar-refractivity contribution in [3.63, 3.8) is 0 Å². The molecule has 0 aromatic heterocycles. The lowest BCUT2D eigenvalue weighted by Crippen LogP contribution is -2.14. The van der Waals surface area contributed by atoms with Gasteiger partial charge in [-0.25, -0.2) is 9.59 Å². The van der Waals surface area contributed by atoms with Gasteiger partial charge in [0.25, 0.3) is 0 Å². The second-order valence-electron chi connectivity index (χ2n) is 3.44. The Morgan fingerprint density at radius 3 is 1.72 bits per heavy atom. The number of hydrogen-bond donors (Lipinski definition) is 2. The molecule has 18 heavy (non-hydrogen) atoms. The van der Waals surface area contributed by atoms with Gasteiger partial charge >= 0.3 is 17.9 Å². The summed E-state index contributed by atoms with van der Waals surface area (Å²) in [6, 6.07) is 0. The summed E-state index contributed by atoms with van der Waals surface area (Å²) < 4.78 is 4.52. The van der Waals surface area contributed by atoms with E-state index in [2.05, 4.69) is 11.3 Å². The Hall–Kier alpha value is -2.37. The van der Waals surface area contributed by atoms with Gasteiger partial charge in [0.15, 0.2) is 0 Å². The Balaban J connectivity index is 5.31. The average Bonchev–Trinajstić information content (AvgIpc) is 2.27. The molecule has 0 aliphatic rings. The van der Waals surface area contributed by atoms with E-state index in [0.717, 1.165) is 18.4 Å². The number of carboxylic acids is 2. The molecule has 0 amide bonds. The molecule has 0 spiro atoms. The number of carbonyl (C=O) groups is 3.